The molecule has 20 heavy (non-hydrogen) atoms. The highest BCUT2D eigenvalue weighted by atomic mass is 32.2. The first-order valence-corrected chi connectivity index (χ1v) is 7.37. The summed E-state index contributed by atoms with van der Waals surface area (Å²) in [6.45, 7) is 0. The van der Waals surface area contributed by atoms with Crippen LogP contribution in [-0.2, 0) is 4.79 Å². The quantitative estimate of drug-likeness (QED) is 0.871. The van der Waals surface area contributed by atoms with Gasteiger partial charge >= 0.3 is 0 Å². The SMILES string of the molecule is CSc1ccccc1NC(=O)C(C#N)c1ccccc1. The van der Waals surface area contributed by atoms with Crippen LogP contribution in [0.1, 0.15) is 11.5 Å². The van der Waals surface area contributed by atoms with E-state index in [1.54, 1.807) is 23.9 Å². The largest absolute Gasteiger partial charge is 0.324 e. The van der Waals surface area contributed by atoms with Gasteiger partial charge in [-0.15, -0.1) is 11.8 Å². The summed E-state index contributed by atoms with van der Waals surface area (Å²) in [4.78, 5) is 13.2. The summed E-state index contributed by atoms with van der Waals surface area (Å²) in [5.74, 6) is -1.11. The van der Waals surface area contributed by atoms with Gasteiger partial charge < -0.3 is 5.32 Å². The van der Waals surface area contributed by atoms with Crippen molar-refractivity contribution in [1.82, 2.24) is 0 Å². The molecule has 0 aliphatic rings. The third-order valence-electron chi connectivity index (χ3n) is 2.89. The first-order valence-electron chi connectivity index (χ1n) is 6.14. The average molecular weight is 282 g/mol. The smallest absolute Gasteiger partial charge is 0.246 e. The lowest BCUT2D eigenvalue weighted by molar-refractivity contribution is -0.116. The minimum Gasteiger partial charge on any atom is -0.324 e. The van der Waals surface area contributed by atoms with Crippen LogP contribution >= 0.6 is 11.8 Å². The molecule has 0 fully saturated rings. The number of nitrogens with one attached hydrogen (secondary N) is 1. The molecular formula is C16H14N2OS. The Bertz CT molecular complexity index is 634. The van der Waals surface area contributed by atoms with Crippen LogP contribution in [0.2, 0.25) is 0 Å². The average Bonchev–Trinajstić information content (AvgIpc) is 2.49. The Labute approximate surface area is 122 Å². The Morgan fingerprint density at radius 1 is 1.15 bits per heavy atom. The molecule has 0 spiro atoms. The van der Waals surface area contributed by atoms with Crippen LogP contribution in [0.15, 0.2) is 59.5 Å². The van der Waals surface area contributed by atoms with Gasteiger partial charge in [0.25, 0.3) is 0 Å². The van der Waals surface area contributed by atoms with Gasteiger partial charge in [-0.25, -0.2) is 0 Å². The molecule has 2 rings (SSSR count). The van der Waals surface area contributed by atoms with Crippen molar-refractivity contribution in [1.29, 1.82) is 5.26 Å². The predicted molar refractivity (Wildman–Crippen MR) is 81.6 cm³/mol. The normalized spacial score (nSPS) is 11.4. The Balaban J connectivity index is 2.21. The van der Waals surface area contributed by atoms with E-state index in [2.05, 4.69) is 11.4 Å². The van der Waals surface area contributed by atoms with E-state index < -0.39 is 5.92 Å². The number of hydrogen-bond donors (Lipinski definition) is 1. The number of nitrogens with zero attached hydrogens (tertiary/aromatic N) is 1. The van der Waals surface area contributed by atoms with Gasteiger partial charge in [-0.2, -0.15) is 5.26 Å². The van der Waals surface area contributed by atoms with Gasteiger partial charge in [0.15, 0.2) is 5.92 Å². The molecule has 1 atom stereocenters. The molecule has 1 N–H and O–H groups in total. The number of carbonyl (C=O) groups excluding carboxylic acids is 1. The Morgan fingerprint density at radius 3 is 2.45 bits per heavy atom. The van der Waals surface area contributed by atoms with Crippen LogP contribution in [0.3, 0.4) is 0 Å². The third-order valence-corrected chi connectivity index (χ3v) is 3.68. The molecule has 2 aromatic rings. The number of anilines is 1. The van der Waals surface area contributed by atoms with Crippen molar-refractivity contribution in [3.05, 3.63) is 60.2 Å². The predicted octanol–water partition coefficient (Wildman–Crippen LogP) is 3.65. The first kappa shape index (κ1) is 14.2. The highest BCUT2D eigenvalue weighted by molar-refractivity contribution is 7.98. The summed E-state index contributed by atoms with van der Waals surface area (Å²) in [6, 6.07) is 18.7. The fourth-order valence-corrected chi connectivity index (χ4v) is 2.44. The molecule has 0 saturated heterocycles. The Kier molecular flexibility index (Phi) is 4.80. The zero-order chi connectivity index (χ0) is 14.4. The van der Waals surface area contributed by atoms with Crippen molar-refractivity contribution < 1.29 is 4.79 Å². The summed E-state index contributed by atoms with van der Waals surface area (Å²) in [6.07, 6.45) is 1.95. The summed E-state index contributed by atoms with van der Waals surface area (Å²) < 4.78 is 0. The number of para-hydroxylation sites is 1. The van der Waals surface area contributed by atoms with E-state index >= 15 is 0 Å². The van der Waals surface area contributed by atoms with E-state index in [1.807, 2.05) is 48.7 Å². The van der Waals surface area contributed by atoms with E-state index in [1.165, 1.54) is 0 Å². The molecule has 0 aliphatic carbocycles. The minimum atomic E-state index is -0.800. The summed E-state index contributed by atoms with van der Waals surface area (Å²) in [5.41, 5.74) is 1.44. The maximum Gasteiger partial charge on any atom is 0.246 e. The first-order chi connectivity index (χ1) is 9.76. The van der Waals surface area contributed by atoms with Crippen LogP contribution in [-0.4, -0.2) is 12.2 Å². The third kappa shape index (κ3) is 3.19. The van der Waals surface area contributed by atoms with Crippen molar-refractivity contribution in [3.8, 4) is 6.07 Å². The lowest BCUT2D eigenvalue weighted by Crippen LogP contribution is -2.20. The second-order valence-corrected chi connectivity index (χ2v) is 5.01. The van der Waals surface area contributed by atoms with Gasteiger partial charge in [0.05, 0.1) is 11.8 Å². The number of hydrogen-bond acceptors (Lipinski definition) is 3. The Morgan fingerprint density at radius 2 is 1.80 bits per heavy atom. The Hall–Kier alpha value is -2.25. The van der Waals surface area contributed by atoms with Gasteiger partial charge in [-0.1, -0.05) is 42.5 Å². The monoisotopic (exact) mass is 282 g/mol. The molecule has 0 aliphatic heterocycles. The van der Waals surface area contributed by atoms with Gasteiger partial charge in [-0.3, -0.25) is 4.79 Å². The van der Waals surface area contributed by atoms with E-state index in [9.17, 15) is 10.1 Å². The maximum absolute atomic E-state index is 12.3. The van der Waals surface area contributed by atoms with Crippen molar-refractivity contribution in [2.24, 2.45) is 0 Å². The number of nitriles is 1. The van der Waals surface area contributed by atoms with Gasteiger partial charge in [0.2, 0.25) is 5.91 Å². The fraction of sp³-hybridized carbons (Fsp3) is 0.125. The minimum absolute atomic E-state index is 0.305. The summed E-state index contributed by atoms with van der Waals surface area (Å²) >= 11 is 1.55. The van der Waals surface area contributed by atoms with E-state index in [-0.39, 0.29) is 5.91 Å². The van der Waals surface area contributed by atoms with Gasteiger partial charge in [-0.05, 0) is 24.0 Å². The van der Waals surface area contributed by atoms with Crippen molar-refractivity contribution >= 4 is 23.4 Å². The van der Waals surface area contributed by atoms with E-state index in [4.69, 9.17) is 0 Å². The molecule has 4 heteroatoms. The molecule has 1 unspecified atom stereocenters. The number of thioether (sulfide) groups is 1. The zero-order valence-electron chi connectivity index (χ0n) is 11.0. The van der Waals surface area contributed by atoms with Crippen LogP contribution in [0.5, 0.6) is 0 Å². The number of benzene rings is 2. The van der Waals surface area contributed by atoms with Crippen LogP contribution in [0, 0.1) is 11.3 Å². The lowest BCUT2D eigenvalue weighted by Gasteiger charge is -2.12. The van der Waals surface area contributed by atoms with Crippen LogP contribution in [0.25, 0.3) is 0 Å². The fourth-order valence-electron chi connectivity index (χ4n) is 1.88. The summed E-state index contributed by atoms with van der Waals surface area (Å²) in [7, 11) is 0. The topological polar surface area (TPSA) is 52.9 Å². The molecule has 0 heterocycles. The highest BCUT2D eigenvalue weighted by Crippen LogP contribution is 2.26. The molecule has 0 aromatic heterocycles. The lowest BCUT2D eigenvalue weighted by atomic mass is 10.00. The van der Waals surface area contributed by atoms with Gasteiger partial charge in [0, 0.05) is 4.90 Å². The molecule has 0 bridgehead atoms. The standard InChI is InChI=1S/C16H14N2OS/c1-20-15-10-6-5-9-14(15)18-16(19)13(11-17)12-7-3-2-4-8-12/h2-10,13H,1H3,(H,18,19). The molecule has 100 valence electrons. The highest BCUT2D eigenvalue weighted by Gasteiger charge is 2.20. The maximum atomic E-state index is 12.3. The molecule has 2 aromatic carbocycles. The van der Waals surface area contributed by atoms with Crippen molar-refractivity contribution in [3.63, 3.8) is 0 Å². The number of amides is 1. The molecular weight excluding hydrogens is 268 g/mol. The van der Waals surface area contributed by atoms with E-state index in [0.29, 0.717) is 5.56 Å². The van der Waals surface area contributed by atoms with Crippen molar-refractivity contribution in [2.75, 3.05) is 11.6 Å². The van der Waals surface area contributed by atoms with Crippen molar-refractivity contribution in [2.45, 2.75) is 10.8 Å². The van der Waals surface area contributed by atoms with Crippen LogP contribution in [0.4, 0.5) is 5.69 Å². The number of rotatable bonds is 4. The second kappa shape index (κ2) is 6.78. The molecule has 0 radical (unpaired) electrons. The van der Waals surface area contributed by atoms with Gasteiger partial charge in [0.1, 0.15) is 0 Å². The molecule has 3 nitrogen and oxygen atoms in total. The van der Waals surface area contributed by atoms with Crippen LogP contribution < -0.4 is 5.32 Å². The molecule has 0 saturated carbocycles. The molecule has 1 amide bonds. The number of carbonyl (C=O) groups is 1. The van der Waals surface area contributed by atoms with E-state index in [0.717, 1.165) is 10.6 Å². The summed E-state index contributed by atoms with van der Waals surface area (Å²) in [5, 5.41) is 12.1. The zero-order valence-corrected chi connectivity index (χ0v) is 11.9. The second-order valence-electron chi connectivity index (χ2n) is 4.16.